The monoisotopic (exact) mass is 1230 g/mol. The Hall–Kier alpha value is -7.66. The molecule has 0 aliphatic carbocycles. The number of aryl methyl sites for hydroxylation is 2. The van der Waals surface area contributed by atoms with Crippen molar-refractivity contribution in [3.8, 4) is 0 Å². The predicted molar refractivity (Wildman–Crippen MR) is 374 cm³/mol. The number of carbonyl (C=O) groups excluding carboxylic acids is 3. The van der Waals surface area contributed by atoms with Gasteiger partial charge in [-0.15, -0.1) is 0 Å². The molecule has 0 saturated carbocycles. The van der Waals surface area contributed by atoms with Crippen molar-refractivity contribution in [1.29, 1.82) is 0 Å². The summed E-state index contributed by atoms with van der Waals surface area (Å²) in [5.74, 6) is 0.346. The molecule has 10 N–H and O–H groups in total. The Labute approximate surface area is 539 Å². The summed E-state index contributed by atoms with van der Waals surface area (Å²) in [6, 6.07) is 43.3. The van der Waals surface area contributed by atoms with E-state index in [9.17, 15) is 19.2 Å². The van der Waals surface area contributed by atoms with Gasteiger partial charge in [0.15, 0.2) is 5.78 Å². The molecule has 2 aromatic heterocycles. The van der Waals surface area contributed by atoms with Crippen LogP contribution in [0.3, 0.4) is 0 Å². The number of nitrogens with two attached hydrogens (primary N) is 3. The van der Waals surface area contributed by atoms with E-state index in [-0.39, 0.29) is 41.6 Å². The predicted octanol–water partition coefficient (Wildman–Crippen LogP) is 12.4. The molecule has 0 spiro atoms. The van der Waals surface area contributed by atoms with Gasteiger partial charge in [-0.3, -0.25) is 19.2 Å². The van der Waals surface area contributed by atoms with Crippen molar-refractivity contribution in [2.75, 3.05) is 50.7 Å². The number of aliphatic carboxylic acids is 1. The van der Waals surface area contributed by atoms with Crippen LogP contribution in [0.25, 0.3) is 43.1 Å². The van der Waals surface area contributed by atoms with E-state index in [0.29, 0.717) is 50.2 Å². The number of amides is 1. The number of carboxylic acid groups (broad SMARTS) is 1. The van der Waals surface area contributed by atoms with Gasteiger partial charge in [0.2, 0.25) is 5.91 Å². The molecule has 0 unspecified atom stereocenters. The fourth-order valence-electron chi connectivity index (χ4n) is 12.8. The molecule has 0 bridgehead atoms. The number of rotatable bonds is 29. The van der Waals surface area contributed by atoms with E-state index in [1.165, 1.54) is 70.1 Å². The second-order valence-corrected chi connectivity index (χ2v) is 25.7. The average Bonchev–Trinajstić information content (AvgIpc) is 1.09. The van der Waals surface area contributed by atoms with Gasteiger partial charge in [0.05, 0.1) is 18.1 Å². The first kappa shape index (κ1) is 69.2. The Morgan fingerprint density at radius 2 is 0.945 bits per heavy atom. The van der Waals surface area contributed by atoms with Gasteiger partial charge >= 0.3 is 5.97 Å². The average molecular weight is 1230 g/mol. The molecule has 4 atom stereocenters. The number of nitrogens with one attached hydrogen (secondary N) is 3. The highest BCUT2D eigenvalue weighted by Gasteiger charge is 2.27. The third-order valence-corrected chi connectivity index (χ3v) is 17.8. The number of aromatic nitrogens is 2. The molecule has 2 aliphatic rings. The summed E-state index contributed by atoms with van der Waals surface area (Å²) >= 11 is 0. The number of benzene rings is 6. The molecule has 91 heavy (non-hydrogen) atoms. The van der Waals surface area contributed by atoms with Crippen molar-refractivity contribution in [3.63, 3.8) is 0 Å². The zero-order valence-corrected chi connectivity index (χ0v) is 54.4. The SMILES string of the molecule is CC(C)N[C@H](CCCCN1CCCCC1)C(=O)N[C@@H](Cc1cccc2ccccc12)C(=O)CCc1ccc2c(N)nccc2c1.CC(C)N[C@H](CCCCN1CCCCC1)C(=O)O.Nc1nccc2cc(CCC(=O)[C@@H](N)Cc3cccc4ccccc34)ccc12. The number of fused-ring (bicyclic) bond motifs is 4. The Kier molecular flexibility index (Phi) is 27.2. The molecule has 484 valence electrons. The van der Waals surface area contributed by atoms with E-state index in [2.05, 4.69) is 110 Å². The summed E-state index contributed by atoms with van der Waals surface area (Å²) in [4.78, 5) is 64.8. The Morgan fingerprint density at radius 3 is 1.44 bits per heavy atom. The number of anilines is 2. The van der Waals surface area contributed by atoms with Gasteiger partial charge in [0, 0.05) is 54.5 Å². The first-order valence-corrected chi connectivity index (χ1v) is 33.6. The quantitative estimate of drug-likeness (QED) is 0.0216. The molecule has 15 heteroatoms. The van der Waals surface area contributed by atoms with Crippen LogP contribution in [-0.2, 0) is 44.9 Å². The number of carbonyl (C=O) groups is 4. The van der Waals surface area contributed by atoms with E-state index < -0.39 is 18.1 Å². The van der Waals surface area contributed by atoms with E-state index in [1.807, 2.05) is 86.6 Å². The molecule has 1 amide bonds. The molecule has 15 nitrogen and oxygen atoms in total. The fourth-order valence-corrected chi connectivity index (χ4v) is 12.8. The first-order valence-electron chi connectivity index (χ1n) is 33.6. The maximum absolute atomic E-state index is 13.9. The number of Topliss-reactive ketones (excluding diaryl/α,β-unsaturated/α-hetero) is 2. The highest BCUT2D eigenvalue weighted by molar-refractivity contribution is 5.95. The number of hydrogen-bond acceptors (Lipinski definition) is 13. The number of likely N-dealkylation sites (tertiary alicyclic amines) is 2. The van der Waals surface area contributed by atoms with Crippen LogP contribution in [0.5, 0.6) is 0 Å². The number of carboxylic acids is 1. The van der Waals surface area contributed by atoms with Crippen LogP contribution in [0.2, 0.25) is 0 Å². The van der Waals surface area contributed by atoms with Crippen LogP contribution in [0.15, 0.2) is 146 Å². The van der Waals surface area contributed by atoms with Gasteiger partial charge in [0.1, 0.15) is 23.5 Å². The van der Waals surface area contributed by atoms with Crippen LogP contribution in [-0.4, -0.2) is 124 Å². The van der Waals surface area contributed by atoms with Crippen LogP contribution in [0, 0.1) is 0 Å². The molecular formula is C76H100N10O5. The molecule has 4 heterocycles. The zero-order chi connectivity index (χ0) is 64.5. The van der Waals surface area contributed by atoms with Crippen molar-refractivity contribution >= 4 is 78.2 Å². The van der Waals surface area contributed by atoms with E-state index in [0.717, 1.165) is 112 Å². The molecule has 0 radical (unpaired) electrons. The summed E-state index contributed by atoms with van der Waals surface area (Å²) in [6.07, 6.45) is 20.0. The zero-order valence-electron chi connectivity index (χ0n) is 54.4. The van der Waals surface area contributed by atoms with Gasteiger partial charge in [0.25, 0.3) is 0 Å². The lowest BCUT2D eigenvalue weighted by Gasteiger charge is -2.27. The van der Waals surface area contributed by atoms with Gasteiger partial charge in [-0.1, -0.05) is 175 Å². The number of hydrogen-bond donors (Lipinski definition) is 7. The molecule has 2 saturated heterocycles. The summed E-state index contributed by atoms with van der Waals surface area (Å²) in [5, 5.41) is 27.4. The van der Waals surface area contributed by atoms with Crippen molar-refractivity contribution in [2.24, 2.45) is 5.73 Å². The number of nitrogen functional groups attached to an aromatic ring is 2. The molecule has 8 aromatic rings. The summed E-state index contributed by atoms with van der Waals surface area (Å²) in [7, 11) is 0. The van der Waals surface area contributed by atoms with Crippen LogP contribution in [0.4, 0.5) is 11.6 Å². The lowest BCUT2D eigenvalue weighted by atomic mass is 9.94. The number of pyridine rings is 2. The van der Waals surface area contributed by atoms with Crippen molar-refractivity contribution in [1.82, 2.24) is 35.7 Å². The molecule has 2 aliphatic heterocycles. The minimum Gasteiger partial charge on any atom is -0.480 e. The van der Waals surface area contributed by atoms with Gasteiger partial charge in [-0.25, -0.2) is 9.97 Å². The Bertz CT molecular complexity index is 3610. The van der Waals surface area contributed by atoms with Gasteiger partial charge in [-0.05, 0) is 177 Å². The Balaban J connectivity index is 0.000000196. The summed E-state index contributed by atoms with van der Waals surface area (Å²) in [5.41, 5.74) is 22.5. The second-order valence-electron chi connectivity index (χ2n) is 25.7. The number of ketones is 2. The number of piperidine rings is 2. The third kappa shape index (κ3) is 21.7. The van der Waals surface area contributed by atoms with E-state index in [1.54, 1.807) is 12.4 Å². The first-order chi connectivity index (χ1) is 44.1. The minimum absolute atomic E-state index is 0.0408. The van der Waals surface area contributed by atoms with Crippen molar-refractivity contribution in [3.05, 3.63) is 168 Å². The highest BCUT2D eigenvalue weighted by Crippen LogP contribution is 2.26. The van der Waals surface area contributed by atoms with Crippen LogP contribution in [0.1, 0.15) is 140 Å². The molecule has 10 rings (SSSR count). The normalized spacial score (nSPS) is 15.2. The second kappa shape index (κ2) is 35.8. The lowest BCUT2D eigenvalue weighted by Crippen LogP contribution is -2.52. The largest absolute Gasteiger partial charge is 0.480 e. The standard InChI is InChI=1S/C38H49N5O2.C24H23N3O.C14H28N2O2/c1-27(2)41-34(15-6-9-24-43-22-7-3-8-23-43)38(45)42-35(26-30-13-10-12-29-11-4-5-14-32(29)30)36(44)19-17-28-16-18-33-31(25-28)20-21-40-37(33)39;25-22(15-18-6-3-5-17-4-1-2-7-20(17)18)23(28)11-9-16-8-10-21-19(14-16)12-13-27-24(21)26;1-12(2)15-13(14(17)18)8-4-7-11-16-9-5-3-6-10-16/h4-5,10-14,16,18,20-21,25,27,34-35,41H,3,6-9,15,17,19,22-24,26H2,1-2H3,(H2,39,40)(H,42,45);1-8,10,12-14,22H,9,11,15,25H2,(H2,26,27);12-13,15H,3-11H2,1-2H3,(H,17,18)/t34-,35+;22-;13-/m101/s1. The maximum atomic E-state index is 13.9. The Morgan fingerprint density at radius 1 is 0.495 bits per heavy atom. The highest BCUT2D eigenvalue weighted by atomic mass is 16.4. The van der Waals surface area contributed by atoms with Gasteiger partial charge < -0.3 is 48.1 Å². The van der Waals surface area contributed by atoms with Crippen LogP contribution >= 0.6 is 0 Å². The molecule has 6 aromatic carbocycles. The van der Waals surface area contributed by atoms with E-state index in [4.69, 9.17) is 22.3 Å². The minimum atomic E-state index is -0.721. The van der Waals surface area contributed by atoms with Crippen molar-refractivity contribution < 1.29 is 24.3 Å². The maximum Gasteiger partial charge on any atom is 0.320 e. The summed E-state index contributed by atoms with van der Waals surface area (Å²) < 4.78 is 0. The molecular weight excluding hydrogens is 1130 g/mol. The van der Waals surface area contributed by atoms with E-state index >= 15 is 0 Å². The topological polar surface area (TPSA) is 235 Å². The number of nitrogens with zero attached hydrogens (tertiary/aromatic N) is 4. The summed E-state index contributed by atoms with van der Waals surface area (Å²) in [6.45, 7) is 15.2. The fraction of sp³-hybridized carbons (Fsp3) is 0.447. The lowest BCUT2D eigenvalue weighted by molar-refractivity contribution is -0.140. The third-order valence-electron chi connectivity index (χ3n) is 17.8. The van der Waals surface area contributed by atoms with Crippen LogP contribution < -0.4 is 33.2 Å². The van der Waals surface area contributed by atoms with Crippen molar-refractivity contribution in [2.45, 2.75) is 180 Å². The molecule has 2 fully saturated rings. The van der Waals surface area contributed by atoms with Gasteiger partial charge in [-0.2, -0.15) is 0 Å². The number of unbranched alkanes of at least 4 members (excludes halogenated alkanes) is 2. The smallest absolute Gasteiger partial charge is 0.320 e.